The van der Waals surface area contributed by atoms with Crippen molar-refractivity contribution in [1.82, 2.24) is 10.2 Å². The van der Waals surface area contributed by atoms with E-state index >= 15 is 0 Å². The summed E-state index contributed by atoms with van der Waals surface area (Å²) in [6.07, 6.45) is -0.346. The largest absolute Gasteiger partial charge is 0.496 e. The summed E-state index contributed by atoms with van der Waals surface area (Å²) in [4.78, 5) is 39.9. The van der Waals surface area contributed by atoms with Gasteiger partial charge in [0.25, 0.3) is 0 Å². The topological polar surface area (TPSA) is 105 Å². The lowest BCUT2D eigenvalue weighted by molar-refractivity contribution is -0.142. The van der Waals surface area contributed by atoms with Gasteiger partial charge >= 0.3 is 12.1 Å². The SMILES string of the molecule is COc1ccccc1C[C@H](NC(=O)[C@@H]1Cc2ccccc2CN1C(=O)OCc1ccccc1)C(=O)O. The summed E-state index contributed by atoms with van der Waals surface area (Å²) < 4.78 is 10.8. The first-order valence-corrected chi connectivity index (χ1v) is 11.7. The van der Waals surface area contributed by atoms with Crippen LogP contribution in [0.1, 0.15) is 22.3 Å². The van der Waals surface area contributed by atoms with Crippen molar-refractivity contribution in [1.29, 1.82) is 0 Å². The van der Waals surface area contributed by atoms with Crippen LogP contribution in [0.5, 0.6) is 5.75 Å². The van der Waals surface area contributed by atoms with Gasteiger partial charge in [0, 0.05) is 12.8 Å². The van der Waals surface area contributed by atoms with Crippen molar-refractivity contribution >= 4 is 18.0 Å². The van der Waals surface area contributed by atoms with Gasteiger partial charge in [-0.15, -0.1) is 0 Å². The second-order valence-corrected chi connectivity index (χ2v) is 8.57. The molecular formula is C28H28N2O6. The van der Waals surface area contributed by atoms with Gasteiger partial charge in [-0.25, -0.2) is 9.59 Å². The second-order valence-electron chi connectivity index (χ2n) is 8.57. The van der Waals surface area contributed by atoms with Crippen LogP contribution >= 0.6 is 0 Å². The number of fused-ring (bicyclic) bond motifs is 1. The fourth-order valence-corrected chi connectivity index (χ4v) is 4.31. The standard InChI is InChI=1S/C28H28N2O6/c1-35-25-14-8-7-12-21(25)15-23(27(32)33)29-26(31)24-16-20-11-5-6-13-22(20)17-30(24)28(34)36-18-19-9-3-2-4-10-19/h2-14,23-24H,15-18H2,1H3,(H,29,31)(H,32,33)/t23-,24-/m0/s1. The number of aliphatic carboxylic acids is 1. The van der Waals surface area contributed by atoms with Gasteiger partial charge in [-0.1, -0.05) is 72.8 Å². The lowest BCUT2D eigenvalue weighted by atomic mass is 9.93. The normalized spacial score (nSPS) is 15.4. The molecule has 0 spiro atoms. The van der Waals surface area contributed by atoms with Gasteiger partial charge < -0.3 is 19.9 Å². The Morgan fingerprint density at radius 2 is 1.64 bits per heavy atom. The van der Waals surface area contributed by atoms with E-state index in [0.29, 0.717) is 11.3 Å². The number of rotatable bonds is 8. The van der Waals surface area contributed by atoms with Crippen LogP contribution < -0.4 is 10.1 Å². The van der Waals surface area contributed by atoms with E-state index in [-0.39, 0.29) is 26.0 Å². The minimum Gasteiger partial charge on any atom is -0.496 e. The lowest BCUT2D eigenvalue weighted by Gasteiger charge is -2.35. The molecule has 0 bridgehead atoms. The Morgan fingerprint density at radius 3 is 2.36 bits per heavy atom. The molecule has 0 aromatic heterocycles. The molecule has 1 aliphatic rings. The highest BCUT2D eigenvalue weighted by atomic mass is 16.6. The van der Waals surface area contributed by atoms with Crippen LogP contribution in [0.15, 0.2) is 78.9 Å². The van der Waals surface area contributed by atoms with E-state index < -0.39 is 30.1 Å². The molecule has 3 aromatic rings. The highest BCUT2D eigenvalue weighted by molar-refractivity contribution is 5.90. The Hall–Kier alpha value is -4.33. The monoisotopic (exact) mass is 488 g/mol. The van der Waals surface area contributed by atoms with Gasteiger partial charge in [-0.05, 0) is 28.3 Å². The Morgan fingerprint density at radius 1 is 0.972 bits per heavy atom. The van der Waals surface area contributed by atoms with Crippen LogP contribution in [0, 0.1) is 0 Å². The van der Waals surface area contributed by atoms with Crippen molar-refractivity contribution < 1.29 is 29.0 Å². The zero-order chi connectivity index (χ0) is 25.5. The summed E-state index contributed by atoms with van der Waals surface area (Å²) in [7, 11) is 1.51. The van der Waals surface area contributed by atoms with Crippen LogP contribution in [0.4, 0.5) is 4.79 Å². The Bertz CT molecular complexity index is 1230. The molecule has 186 valence electrons. The van der Waals surface area contributed by atoms with E-state index in [0.717, 1.165) is 16.7 Å². The number of methoxy groups -OCH3 is 1. The number of ether oxygens (including phenoxy) is 2. The van der Waals surface area contributed by atoms with Crippen molar-refractivity contribution in [3.05, 3.63) is 101 Å². The molecule has 3 aromatic carbocycles. The molecule has 4 rings (SSSR count). The zero-order valence-corrected chi connectivity index (χ0v) is 19.9. The highest BCUT2D eigenvalue weighted by Crippen LogP contribution is 2.25. The Labute approximate surface area is 209 Å². The number of nitrogens with one attached hydrogen (secondary N) is 1. The first-order valence-electron chi connectivity index (χ1n) is 11.7. The van der Waals surface area contributed by atoms with Gasteiger partial charge in [-0.2, -0.15) is 0 Å². The molecule has 2 N–H and O–H groups in total. The molecule has 1 heterocycles. The summed E-state index contributed by atoms with van der Waals surface area (Å²) in [5.74, 6) is -1.19. The molecule has 8 heteroatoms. The molecule has 0 unspecified atom stereocenters. The molecule has 8 nitrogen and oxygen atoms in total. The minimum atomic E-state index is -1.20. The molecule has 0 aliphatic carbocycles. The summed E-state index contributed by atoms with van der Waals surface area (Å²) in [5, 5.41) is 12.5. The van der Waals surface area contributed by atoms with Gasteiger partial charge in [-0.3, -0.25) is 9.69 Å². The minimum absolute atomic E-state index is 0.0346. The number of carbonyl (C=O) groups excluding carboxylic acids is 2. The number of para-hydroxylation sites is 1. The molecule has 2 atom stereocenters. The Balaban J connectivity index is 1.53. The van der Waals surface area contributed by atoms with Crippen molar-refractivity contribution in [2.45, 2.75) is 38.1 Å². The van der Waals surface area contributed by atoms with Gasteiger partial charge in [0.2, 0.25) is 5.91 Å². The zero-order valence-electron chi connectivity index (χ0n) is 19.9. The number of hydrogen-bond acceptors (Lipinski definition) is 5. The molecule has 0 fully saturated rings. The van der Waals surface area contributed by atoms with Crippen molar-refractivity contribution in [2.75, 3.05) is 7.11 Å². The second kappa shape index (κ2) is 11.4. The van der Waals surface area contributed by atoms with Crippen molar-refractivity contribution in [3.63, 3.8) is 0 Å². The summed E-state index contributed by atoms with van der Waals surface area (Å²) in [5.41, 5.74) is 3.33. The fraction of sp³-hybridized carbons (Fsp3) is 0.250. The molecule has 0 saturated heterocycles. The summed E-state index contributed by atoms with van der Waals surface area (Å²) in [6, 6.07) is 21.8. The third kappa shape index (κ3) is 5.83. The first-order chi connectivity index (χ1) is 17.5. The lowest BCUT2D eigenvalue weighted by Crippen LogP contribution is -2.56. The summed E-state index contributed by atoms with van der Waals surface area (Å²) >= 11 is 0. The number of carbonyl (C=O) groups is 3. The van der Waals surface area contributed by atoms with Gasteiger partial charge in [0.05, 0.1) is 13.7 Å². The predicted octanol–water partition coefficient (Wildman–Crippen LogP) is 3.57. The fourth-order valence-electron chi connectivity index (χ4n) is 4.31. The Kier molecular flexibility index (Phi) is 7.85. The van der Waals surface area contributed by atoms with Crippen LogP contribution in [-0.4, -0.2) is 47.2 Å². The molecule has 36 heavy (non-hydrogen) atoms. The molecular weight excluding hydrogens is 460 g/mol. The van der Waals surface area contributed by atoms with Crippen molar-refractivity contribution in [2.24, 2.45) is 0 Å². The van der Waals surface area contributed by atoms with E-state index in [4.69, 9.17) is 9.47 Å². The maximum absolute atomic E-state index is 13.4. The third-order valence-electron chi connectivity index (χ3n) is 6.22. The average molecular weight is 489 g/mol. The van der Waals surface area contributed by atoms with Gasteiger partial charge in [0.1, 0.15) is 24.4 Å². The van der Waals surface area contributed by atoms with E-state index in [1.165, 1.54) is 12.0 Å². The maximum Gasteiger partial charge on any atom is 0.411 e. The average Bonchev–Trinajstić information content (AvgIpc) is 2.91. The van der Waals surface area contributed by atoms with Crippen LogP contribution in [0.25, 0.3) is 0 Å². The highest BCUT2D eigenvalue weighted by Gasteiger charge is 2.37. The number of carboxylic acid groups (broad SMARTS) is 1. The molecule has 0 radical (unpaired) electrons. The molecule has 2 amide bonds. The third-order valence-corrected chi connectivity index (χ3v) is 6.22. The van der Waals surface area contributed by atoms with E-state index in [1.807, 2.05) is 54.6 Å². The first kappa shape index (κ1) is 24.8. The van der Waals surface area contributed by atoms with Crippen molar-refractivity contribution in [3.8, 4) is 5.75 Å². The maximum atomic E-state index is 13.4. The predicted molar refractivity (Wildman–Crippen MR) is 132 cm³/mol. The number of carboxylic acids is 1. The van der Waals surface area contributed by atoms with E-state index in [1.54, 1.807) is 24.3 Å². The number of amides is 2. The van der Waals surface area contributed by atoms with Crippen LogP contribution in [-0.2, 0) is 40.3 Å². The van der Waals surface area contributed by atoms with E-state index in [2.05, 4.69) is 5.32 Å². The number of benzene rings is 3. The van der Waals surface area contributed by atoms with Crippen LogP contribution in [0.3, 0.4) is 0 Å². The molecule has 1 aliphatic heterocycles. The summed E-state index contributed by atoms with van der Waals surface area (Å²) in [6.45, 7) is 0.254. The quantitative estimate of drug-likeness (QED) is 0.502. The van der Waals surface area contributed by atoms with Crippen LogP contribution in [0.2, 0.25) is 0 Å². The van der Waals surface area contributed by atoms with Gasteiger partial charge in [0.15, 0.2) is 0 Å². The number of hydrogen-bond donors (Lipinski definition) is 2. The molecule has 0 saturated carbocycles. The van der Waals surface area contributed by atoms with E-state index in [9.17, 15) is 19.5 Å². The smallest absolute Gasteiger partial charge is 0.411 e. The number of nitrogens with zero attached hydrogens (tertiary/aromatic N) is 1.